The molecule has 4 nitrogen and oxygen atoms in total. The number of nitrogens with one attached hydrogen (secondary N) is 1. The van der Waals surface area contributed by atoms with E-state index in [1.54, 1.807) is 7.11 Å². The van der Waals surface area contributed by atoms with Gasteiger partial charge in [0.25, 0.3) is 0 Å². The predicted molar refractivity (Wildman–Crippen MR) is 83.8 cm³/mol. The first kappa shape index (κ1) is 16.1. The average Bonchev–Trinajstić information content (AvgIpc) is 3.02. The summed E-state index contributed by atoms with van der Waals surface area (Å²) in [6.07, 6.45) is 4.63. The molecule has 2 rings (SSSR count). The van der Waals surface area contributed by atoms with E-state index in [0.717, 1.165) is 23.6 Å². The van der Waals surface area contributed by atoms with Crippen molar-refractivity contribution in [3.63, 3.8) is 0 Å². The Balaban J connectivity index is 1.83. The van der Waals surface area contributed by atoms with Crippen LogP contribution in [0.2, 0.25) is 0 Å². The monoisotopic (exact) mass is 293 g/mol. The van der Waals surface area contributed by atoms with Gasteiger partial charge in [-0.15, -0.1) is 0 Å². The summed E-state index contributed by atoms with van der Waals surface area (Å²) in [4.78, 5) is 0. The zero-order chi connectivity index (χ0) is 15.1. The van der Waals surface area contributed by atoms with E-state index in [2.05, 4.69) is 5.32 Å². The summed E-state index contributed by atoms with van der Waals surface area (Å²) in [6, 6.07) is 5.95. The molecule has 1 aliphatic carbocycles. The predicted octanol–water partition coefficient (Wildman–Crippen LogP) is 2.73. The van der Waals surface area contributed by atoms with Gasteiger partial charge in [-0.1, -0.05) is 18.9 Å². The summed E-state index contributed by atoms with van der Waals surface area (Å²) in [6.45, 7) is 3.96. The summed E-state index contributed by atoms with van der Waals surface area (Å²) in [5, 5.41) is 13.5. The van der Waals surface area contributed by atoms with Crippen LogP contribution < -0.4 is 14.8 Å². The standard InChI is InChI=1S/C17H27NO3/c1-3-21-17-10-13(8-9-16(17)20-2)11-18-12-15(19)14-6-4-5-7-14/h8-10,14-15,18-19H,3-7,11-12H2,1-2H3. The number of rotatable bonds is 8. The van der Waals surface area contributed by atoms with Gasteiger partial charge in [-0.25, -0.2) is 0 Å². The van der Waals surface area contributed by atoms with Crippen molar-refractivity contribution in [3.8, 4) is 11.5 Å². The number of benzene rings is 1. The molecular weight excluding hydrogens is 266 g/mol. The third-order valence-electron chi connectivity index (χ3n) is 4.15. The molecule has 118 valence electrons. The third-order valence-corrected chi connectivity index (χ3v) is 4.15. The van der Waals surface area contributed by atoms with E-state index >= 15 is 0 Å². The minimum absolute atomic E-state index is 0.225. The van der Waals surface area contributed by atoms with E-state index in [0.29, 0.717) is 19.1 Å². The Bertz CT molecular complexity index is 430. The minimum Gasteiger partial charge on any atom is -0.493 e. The molecule has 2 N–H and O–H groups in total. The summed E-state index contributed by atoms with van der Waals surface area (Å²) in [5.74, 6) is 2.01. The topological polar surface area (TPSA) is 50.7 Å². The zero-order valence-corrected chi connectivity index (χ0v) is 13.1. The Labute approximate surface area is 127 Å². The van der Waals surface area contributed by atoms with Gasteiger partial charge in [-0.3, -0.25) is 0 Å². The van der Waals surface area contributed by atoms with E-state index in [-0.39, 0.29) is 6.10 Å². The Morgan fingerprint density at radius 1 is 1.29 bits per heavy atom. The molecule has 0 spiro atoms. The van der Waals surface area contributed by atoms with Crippen LogP contribution in [0.15, 0.2) is 18.2 Å². The van der Waals surface area contributed by atoms with Crippen LogP contribution in [0.4, 0.5) is 0 Å². The lowest BCUT2D eigenvalue weighted by atomic mass is 10.0. The Hall–Kier alpha value is -1.26. The maximum atomic E-state index is 10.1. The number of ether oxygens (including phenoxy) is 2. The number of methoxy groups -OCH3 is 1. The van der Waals surface area contributed by atoms with Crippen molar-refractivity contribution < 1.29 is 14.6 Å². The molecule has 1 atom stereocenters. The highest BCUT2D eigenvalue weighted by molar-refractivity contribution is 5.42. The largest absolute Gasteiger partial charge is 0.493 e. The lowest BCUT2D eigenvalue weighted by Gasteiger charge is -2.18. The van der Waals surface area contributed by atoms with Crippen LogP contribution in [0.5, 0.6) is 11.5 Å². The maximum absolute atomic E-state index is 10.1. The molecule has 1 aromatic rings. The Morgan fingerprint density at radius 2 is 2.05 bits per heavy atom. The normalized spacial score (nSPS) is 16.9. The van der Waals surface area contributed by atoms with Gasteiger partial charge in [0.1, 0.15) is 0 Å². The Kier molecular flexibility index (Phi) is 6.33. The van der Waals surface area contributed by atoms with Gasteiger partial charge in [-0.05, 0) is 43.4 Å². The van der Waals surface area contributed by atoms with Gasteiger partial charge in [0, 0.05) is 13.1 Å². The summed E-state index contributed by atoms with van der Waals surface area (Å²) >= 11 is 0. The Morgan fingerprint density at radius 3 is 2.71 bits per heavy atom. The van der Waals surface area contributed by atoms with Crippen molar-refractivity contribution in [2.75, 3.05) is 20.3 Å². The van der Waals surface area contributed by atoms with Crippen molar-refractivity contribution in [1.29, 1.82) is 0 Å². The van der Waals surface area contributed by atoms with Crippen molar-refractivity contribution in [2.45, 2.75) is 45.3 Å². The SMILES string of the molecule is CCOc1cc(CNCC(O)C2CCCC2)ccc1OC. The second-order valence-electron chi connectivity index (χ2n) is 5.66. The summed E-state index contributed by atoms with van der Waals surface area (Å²) < 4.78 is 10.9. The lowest BCUT2D eigenvalue weighted by molar-refractivity contribution is 0.109. The molecular formula is C17H27NO3. The van der Waals surface area contributed by atoms with Gasteiger partial charge in [0.05, 0.1) is 19.8 Å². The van der Waals surface area contributed by atoms with Crippen molar-refractivity contribution in [3.05, 3.63) is 23.8 Å². The fourth-order valence-electron chi connectivity index (χ4n) is 2.97. The third kappa shape index (κ3) is 4.61. The molecule has 0 aliphatic heterocycles. The fraction of sp³-hybridized carbons (Fsp3) is 0.647. The molecule has 0 radical (unpaired) electrons. The van der Waals surface area contributed by atoms with Gasteiger partial charge in [0.2, 0.25) is 0 Å². The van der Waals surface area contributed by atoms with Crippen LogP contribution in [-0.4, -0.2) is 31.5 Å². The molecule has 1 saturated carbocycles. The number of aliphatic hydroxyl groups excluding tert-OH is 1. The van der Waals surface area contributed by atoms with Gasteiger partial charge in [0.15, 0.2) is 11.5 Å². The molecule has 1 aliphatic rings. The minimum atomic E-state index is -0.225. The van der Waals surface area contributed by atoms with Crippen molar-refractivity contribution in [1.82, 2.24) is 5.32 Å². The summed E-state index contributed by atoms with van der Waals surface area (Å²) in [7, 11) is 1.65. The van der Waals surface area contributed by atoms with Crippen molar-refractivity contribution in [2.24, 2.45) is 5.92 Å². The van der Waals surface area contributed by atoms with E-state index < -0.39 is 0 Å². The smallest absolute Gasteiger partial charge is 0.161 e. The molecule has 21 heavy (non-hydrogen) atoms. The molecule has 0 saturated heterocycles. The van der Waals surface area contributed by atoms with Crippen LogP contribution in [0.3, 0.4) is 0 Å². The highest BCUT2D eigenvalue weighted by atomic mass is 16.5. The van der Waals surface area contributed by atoms with Gasteiger partial charge >= 0.3 is 0 Å². The average molecular weight is 293 g/mol. The second kappa shape index (κ2) is 8.25. The number of aliphatic hydroxyl groups is 1. The number of hydrogen-bond acceptors (Lipinski definition) is 4. The van der Waals surface area contributed by atoms with Crippen LogP contribution in [0.25, 0.3) is 0 Å². The number of hydrogen-bond donors (Lipinski definition) is 2. The van der Waals surface area contributed by atoms with Crippen LogP contribution >= 0.6 is 0 Å². The molecule has 1 fully saturated rings. The van der Waals surface area contributed by atoms with E-state index in [1.165, 1.54) is 25.7 Å². The first-order valence-corrected chi connectivity index (χ1v) is 7.93. The molecule has 0 bridgehead atoms. The first-order chi connectivity index (χ1) is 10.2. The fourth-order valence-corrected chi connectivity index (χ4v) is 2.97. The quantitative estimate of drug-likeness (QED) is 0.774. The van der Waals surface area contributed by atoms with Crippen LogP contribution in [0, 0.1) is 5.92 Å². The van der Waals surface area contributed by atoms with E-state index in [1.807, 2.05) is 25.1 Å². The van der Waals surface area contributed by atoms with E-state index in [4.69, 9.17) is 9.47 Å². The maximum Gasteiger partial charge on any atom is 0.161 e. The highest BCUT2D eigenvalue weighted by Gasteiger charge is 2.22. The molecule has 1 aromatic carbocycles. The van der Waals surface area contributed by atoms with Gasteiger partial charge < -0.3 is 19.9 Å². The molecule has 0 aromatic heterocycles. The molecule has 0 amide bonds. The van der Waals surface area contributed by atoms with Crippen LogP contribution in [0.1, 0.15) is 38.2 Å². The van der Waals surface area contributed by atoms with E-state index in [9.17, 15) is 5.11 Å². The molecule has 0 heterocycles. The molecule has 1 unspecified atom stereocenters. The van der Waals surface area contributed by atoms with Crippen LogP contribution in [-0.2, 0) is 6.54 Å². The second-order valence-corrected chi connectivity index (χ2v) is 5.66. The molecule has 4 heteroatoms. The first-order valence-electron chi connectivity index (χ1n) is 7.93. The zero-order valence-electron chi connectivity index (χ0n) is 13.1. The van der Waals surface area contributed by atoms with Gasteiger partial charge in [-0.2, -0.15) is 0 Å². The highest BCUT2D eigenvalue weighted by Crippen LogP contribution is 2.29. The lowest BCUT2D eigenvalue weighted by Crippen LogP contribution is -2.31. The van der Waals surface area contributed by atoms with Crippen molar-refractivity contribution >= 4 is 0 Å². The summed E-state index contributed by atoms with van der Waals surface area (Å²) in [5.41, 5.74) is 1.14.